The van der Waals surface area contributed by atoms with Crippen LogP contribution in [0.3, 0.4) is 0 Å². The van der Waals surface area contributed by atoms with Crippen LogP contribution in [0.5, 0.6) is 0 Å². The van der Waals surface area contributed by atoms with Crippen LogP contribution in [-0.2, 0) is 6.42 Å². The molecule has 3 nitrogen and oxygen atoms in total. The van der Waals surface area contributed by atoms with Crippen molar-refractivity contribution >= 4 is 5.97 Å². The fraction of sp³-hybridized carbons (Fsp3) is 0.643. The van der Waals surface area contributed by atoms with Gasteiger partial charge in [-0.25, -0.2) is 4.79 Å². The van der Waals surface area contributed by atoms with Crippen molar-refractivity contribution in [3.8, 4) is 0 Å². The maximum absolute atomic E-state index is 11.2. The summed E-state index contributed by atoms with van der Waals surface area (Å²) in [6, 6.07) is 3.93. The highest BCUT2D eigenvalue weighted by Crippen LogP contribution is 2.21. The third-order valence-corrected chi connectivity index (χ3v) is 3.23. The number of aromatic carboxylic acids is 1. The molecular weight excluding hydrogens is 214 g/mol. The fourth-order valence-electron chi connectivity index (χ4n) is 2.01. The van der Waals surface area contributed by atoms with Crippen LogP contribution < -0.4 is 0 Å². The molecule has 1 heterocycles. The van der Waals surface area contributed by atoms with Gasteiger partial charge in [0.15, 0.2) is 0 Å². The Balaban J connectivity index is 3.00. The molecule has 0 amide bonds. The number of hydrogen-bond donors (Lipinski definition) is 1. The first-order chi connectivity index (χ1) is 7.97. The molecule has 1 aromatic rings. The third-order valence-electron chi connectivity index (χ3n) is 3.23. The summed E-state index contributed by atoms with van der Waals surface area (Å²) in [5.74, 6) is -0.190. The largest absolute Gasteiger partial charge is 0.477 e. The molecule has 0 aromatic carbocycles. The molecule has 1 unspecified atom stereocenters. The lowest BCUT2D eigenvalue weighted by Gasteiger charge is -2.18. The Morgan fingerprint density at radius 3 is 2.47 bits per heavy atom. The minimum atomic E-state index is -0.832. The first kappa shape index (κ1) is 13.8. The SMILES string of the molecule is CCC(C)n1c(CCC(C)C)ccc1C(=O)O. The molecule has 0 fully saturated rings. The summed E-state index contributed by atoms with van der Waals surface area (Å²) in [7, 11) is 0. The fourth-order valence-corrected chi connectivity index (χ4v) is 2.01. The second-order valence-corrected chi connectivity index (χ2v) is 5.07. The molecule has 96 valence electrons. The van der Waals surface area contributed by atoms with E-state index in [2.05, 4.69) is 27.7 Å². The van der Waals surface area contributed by atoms with E-state index >= 15 is 0 Å². The van der Waals surface area contributed by atoms with E-state index in [4.69, 9.17) is 0 Å². The van der Waals surface area contributed by atoms with Crippen molar-refractivity contribution in [3.63, 3.8) is 0 Å². The van der Waals surface area contributed by atoms with E-state index in [0.29, 0.717) is 11.6 Å². The van der Waals surface area contributed by atoms with Crippen molar-refractivity contribution in [2.45, 2.75) is 53.0 Å². The number of nitrogens with zero attached hydrogens (tertiary/aromatic N) is 1. The van der Waals surface area contributed by atoms with Gasteiger partial charge in [0, 0.05) is 11.7 Å². The molecule has 17 heavy (non-hydrogen) atoms. The topological polar surface area (TPSA) is 42.2 Å². The Labute approximate surface area is 103 Å². The highest BCUT2D eigenvalue weighted by molar-refractivity contribution is 5.86. The molecule has 0 aliphatic heterocycles. The van der Waals surface area contributed by atoms with E-state index in [1.165, 1.54) is 0 Å². The highest BCUT2D eigenvalue weighted by Gasteiger charge is 2.17. The number of carboxylic acid groups (broad SMARTS) is 1. The van der Waals surface area contributed by atoms with Gasteiger partial charge in [0.25, 0.3) is 0 Å². The summed E-state index contributed by atoms with van der Waals surface area (Å²) >= 11 is 0. The third kappa shape index (κ3) is 3.35. The number of carbonyl (C=O) groups is 1. The van der Waals surface area contributed by atoms with E-state index < -0.39 is 5.97 Å². The summed E-state index contributed by atoms with van der Waals surface area (Å²) in [5.41, 5.74) is 1.56. The molecular formula is C14H23NO2. The van der Waals surface area contributed by atoms with Crippen LogP contribution in [0.2, 0.25) is 0 Å². The number of carboxylic acids is 1. The molecule has 0 bridgehead atoms. The Morgan fingerprint density at radius 2 is 2.00 bits per heavy atom. The normalized spacial score (nSPS) is 13.0. The van der Waals surface area contributed by atoms with Crippen LogP contribution in [0, 0.1) is 5.92 Å². The van der Waals surface area contributed by atoms with Gasteiger partial charge < -0.3 is 9.67 Å². The van der Waals surface area contributed by atoms with E-state index in [9.17, 15) is 9.90 Å². The summed E-state index contributed by atoms with van der Waals surface area (Å²) in [4.78, 5) is 11.2. The zero-order chi connectivity index (χ0) is 13.0. The lowest BCUT2D eigenvalue weighted by molar-refractivity contribution is 0.0682. The van der Waals surface area contributed by atoms with Crippen molar-refractivity contribution < 1.29 is 9.90 Å². The smallest absolute Gasteiger partial charge is 0.352 e. The van der Waals surface area contributed by atoms with Gasteiger partial charge in [-0.3, -0.25) is 0 Å². The molecule has 1 N–H and O–H groups in total. The molecule has 0 spiro atoms. The van der Waals surface area contributed by atoms with Crippen molar-refractivity contribution in [2.24, 2.45) is 5.92 Å². The van der Waals surface area contributed by atoms with Gasteiger partial charge >= 0.3 is 5.97 Å². The molecule has 1 atom stereocenters. The lowest BCUT2D eigenvalue weighted by Crippen LogP contribution is -2.15. The molecule has 1 rings (SSSR count). The van der Waals surface area contributed by atoms with Crippen molar-refractivity contribution in [3.05, 3.63) is 23.5 Å². The number of aryl methyl sites for hydroxylation is 1. The van der Waals surface area contributed by atoms with Crippen LogP contribution in [0.15, 0.2) is 12.1 Å². The minimum absolute atomic E-state index is 0.248. The number of hydrogen-bond acceptors (Lipinski definition) is 1. The zero-order valence-corrected chi connectivity index (χ0v) is 11.2. The Morgan fingerprint density at radius 1 is 1.35 bits per heavy atom. The second kappa shape index (κ2) is 5.89. The Kier molecular flexibility index (Phi) is 4.79. The number of rotatable bonds is 6. The van der Waals surface area contributed by atoms with Crippen LogP contribution in [-0.4, -0.2) is 15.6 Å². The molecule has 0 radical (unpaired) electrons. The second-order valence-electron chi connectivity index (χ2n) is 5.07. The van der Waals surface area contributed by atoms with Gasteiger partial charge in [-0.1, -0.05) is 20.8 Å². The number of aromatic nitrogens is 1. The van der Waals surface area contributed by atoms with E-state index in [1.54, 1.807) is 6.07 Å². The van der Waals surface area contributed by atoms with E-state index in [-0.39, 0.29) is 6.04 Å². The predicted octanol–water partition coefficient (Wildman–Crippen LogP) is 3.75. The van der Waals surface area contributed by atoms with Gasteiger partial charge in [-0.2, -0.15) is 0 Å². The molecule has 0 aliphatic carbocycles. The highest BCUT2D eigenvalue weighted by atomic mass is 16.4. The van der Waals surface area contributed by atoms with Gasteiger partial charge in [0.05, 0.1) is 0 Å². The van der Waals surface area contributed by atoms with Crippen LogP contribution in [0.25, 0.3) is 0 Å². The average molecular weight is 237 g/mol. The van der Waals surface area contributed by atoms with E-state index in [0.717, 1.165) is 25.0 Å². The Hall–Kier alpha value is -1.25. The lowest BCUT2D eigenvalue weighted by atomic mass is 10.1. The molecule has 0 aliphatic rings. The first-order valence-corrected chi connectivity index (χ1v) is 6.40. The van der Waals surface area contributed by atoms with Gasteiger partial charge in [0.2, 0.25) is 0 Å². The summed E-state index contributed by atoms with van der Waals surface area (Å²) < 4.78 is 1.98. The van der Waals surface area contributed by atoms with Gasteiger partial charge in [-0.15, -0.1) is 0 Å². The molecule has 3 heteroatoms. The predicted molar refractivity (Wildman–Crippen MR) is 69.6 cm³/mol. The Bertz CT molecular complexity index is 380. The quantitative estimate of drug-likeness (QED) is 0.818. The van der Waals surface area contributed by atoms with Crippen LogP contribution >= 0.6 is 0 Å². The average Bonchev–Trinajstić information content (AvgIpc) is 2.68. The summed E-state index contributed by atoms with van der Waals surface area (Å²) in [6.45, 7) is 8.54. The van der Waals surface area contributed by atoms with E-state index in [1.807, 2.05) is 10.6 Å². The maximum Gasteiger partial charge on any atom is 0.352 e. The van der Waals surface area contributed by atoms with Crippen LogP contribution in [0.4, 0.5) is 0 Å². The summed E-state index contributed by atoms with van der Waals surface area (Å²) in [6.07, 6.45) is 3.00. The monoisotopic (exact) mass is 237 g/mol. The van der Waals surface area contributed by atoms with Crippen molar-refractivity contribution in [1.29, 1.82) is 0 Å². The maximum atomic E-state index is 11.2. The molecule has 0 saturated heterocycles. The first-order valence-electron chi connectivity index (χ1n) is 6.40. The van der Waals surface area contributed by atoms with Crippen molar-refractivity contribution in [1.82, 2.24) is 4.57 Å². The standard InChI is InChI=1S/C14H23NO2/c1-5-11(4)15-12(7-6-10(2)3)8-9-13(15)14(16)17/h8-11H,5-7H2,1-4H3,(H,16,17). The summed E-state index contributed by atoms with van der Waals surface area (Å²) in [5, 5.41) is 9.18. The zero-order valence-electron chi connectivity index (χ0n) is 11.2. The van der Waals surface area contributed by atoms with Gasteiger partial charge in [-0.05, 0) is 44.2 Å². The van der Waals surface area contributed by atoms with Gasteiger partial charge in [0.1, 0.15) is 5.69 Å². The van der Waals surface area contributed by atoms with Crippen LogP contribution in [0.1, 0.15) is 62.8 Å². The molecule has 1 aromatic heterocycles. The minimum Gasteiger partial charge on any atom is -0.477 e. The van der Waals surface area contributed by atoms with Crippen molar-refractivity contribution in [2.75, 3.05) is 0 Å². The molecule has 0 saturated carbocycles.